The quantitative estimate of drug-likeness (QED) is 0.495. The highest BCUT2D eigenvalue weighted by molar-refractivity contribution is 6.30. The van der Waals surface area contributed by atoms with Gasteiger partial charge in [-0.25, -0.2) is 9.78 Å². The minimum atomic E-state index is -5.15. The van der Waals surface area contributed by atoms with Crippen LogP contribution < -0.4 is 0 Å². The largest absolute Gasteiger partial charge is 0.490 e. The van der Waals surface area contributed by atoms with E-state index in [9.17, 15) is 27.9 Å². The molecule has 37 heavy (non-hydrogen) atoms. The minimum absolute atomic E-state index is 0.0784. The number of aliphatic hydroxyl groups is 1. The number of nitrogens with zero attached hydrogens (tertiary/aromatic N) is 3. The van der Waals surface area contributed by atoms with Crippen LogP contribution in [0, 0.1) is 0 Å². The number of nitrogens with one attached hydrogen (secondary N) is 1. The van der Waals surface area contributed by atoms with E-state index in [0.29, 0.717) is 53.1 Å². The number of aromatic nitrogens is 2. The fourth-order valence-electron chi connectivity index (χ4n) is 5.12. The van der Waals surface area contributed by atoms with E-state index in [0.717, 1.165) is 0 Å². The van der Waals surface area contributed by atoms with E-state index in [2.05, 4.69) is 9.97 Å². The summed E-state index contributed by atoms with van der Waals surface area (Å²) >= 11 is 5.95. The number of aromatic amines is 1. The molecule has 5 rings (SSSR count). The lowest BCUT2D eigenvalue weighted by Gasteiger charge is -2.42. The summed E-state index contributed by atoms with van der Waals surface area (Å²) in [5.41, 5.74) is 1.25. The van der Waals surface area contributed by atoms with Gasteiger partial charge in [-0.2, -0.15) is 13.2 Å². The molecule has 2 aliphatic heterocycles. The number of carbonyl (C=O) groups is 2. The SMILES string of the molecule is O=C(c1ccc2nc[nH]c2c1)N1C[C@H](OC(=O)C(F)(F)F)[C@@H](N2CCC(O)(c3ccc(Cl)cc3)CC2)C1. The Balaban J connectivity index is 1.33. The van der Waals surface area contributed by atoms with Crippen LogP contribution in [0.2, 0.25) is 5.02 Å². The monoisotopic (exact) mass is 536 g/mol. The highest BCUT2D eigenvalue weighted by Gasteiger charge is 2.48. The summed E-state index contributed by atoms with van der Waals surface area (Å²) in [5.74, 6) is -2.67. The maximum atomic E-state index is 13.2. The fourth-order valence-corrected chi connectivity index (χ4v) is 5.24. The Kier molecular flexibility index (Phi) is 6.63. The minimum Gasteiger partial charge on any atom is -0.452 e. The van der Waals surface area contributed by atoms with Crippen LogP contribution in [0.15, 0.2) is 48.8 Å². The van der Waals surface area contributed by atoms with Gasteiger partial charge in [0.2, 0.25) is 0 Å². The molecule has 1 amide bonds. The second kappa shape index (κ2) is 9.62. The van der Waals surface area contributed by atoms with Crippen molar-refractivity contribution in [3.8, 4) is 0 Å². The molecule has 2 aromatic carbocycles. The van der Waals surface area contributed by atoms with E-state index in [4.69, 9.17) is 16.3 Å². The number of H-pyrrole nitrogens is 1. The van der Waals surface area contributed by atoms with Gasteiger partial charge in [0.15, 0.2) is 0 Å². The zero-order valence-corrected chi connectivity index (χ0v) is 20.3. The Morgan fingerprint density at radius 1 is 1.11 bits per heavy atom. The molecule has 2 atom stereocenters. The maximum Gasteiger partial charge on any atom is 0.490 e. The number of hydrogen-bond acceptors (Lipinski definition) is 6. The van der Waals surface area contributed by atoms with Crippen LogP contribution in [-0.2, 0) is 15.1 Å². The summed E-state index contributed by atoms with van der Waals surface area (Å²) in [6.07, 6.45) is -4.19. The number of fused-ring (bicyclic) bond motifs is 1. The molecule has 0 radical (unpaired) electrons. The van der Waals surface area contributed by atoms with Crippen molar-refractivity contribution in [2.24, 2.45) is 0 Å². The van der Waals surface area contributed by atoms with E-state index in [1.54, 1.807) is 42.5 Å². The summed E-state index contributed by atoms with van der Waals surface area (Å²) in [6, 6.07) is 11.1. The highest BCUT2D eigenvalue weighted by atomic mass is 35.5. The van der Waals surface area contributed by atoms with Crippen LogP contribution in [0.5, 0.6) is 0 Å². The Hall–Kier alpha value is -3.15. The fraction of sp³-hybridized carbons (Fsp3) is 0.400. The Labute approximate surface area is 215 Å². The van der Waals surface area contributed by atoms with Gasteiger partial charge >= 0.3 is 12.1 Å². The van der Waals surface area contributed by atoms with Crippen molar-refractivity contribution in [1.82, 2.24) is 19.8 Å². The number of hydrogen-bond donors (Lipinski definition) is 2. The third-order valence-corrected chi connectivity index (χ3v) is 7.41. The van der Waals surface area contributed by atoms with Gasteiger partial charge in [-0.1, -0.05) is 23.7 Å². The predicted octanol–water partition coefficient (Wildman–Crippen LogP) is 3.50. The van der Waals surface area contributed by atoms with E-state index in [-0.39, 0.29) is 19.0 Å². The van der Waals surface area contributed by atoms with Crippen molar-refractivity contribution >= 4 is 34.5 Å². The third-order valence-electron chi connectivity index (χ3n) is 7.16. The number of halogens is 4. The van der Waals surface area contributed by atoms with Crippen molar-refractivity contribution in [3.63, 3.8) is 0 Å². The molecule has 8 nitrogen and oxygen atoms in total. The normalized spacial score (nSPS) is 22.4. The number of likely N-dealkylation sites (tertiary alicyclic amines) is 2. The Morgan fingerprint density at radius 3 is 2.49 bits per heavy atom. The van der Waals surface area contributed by atoms with Crippen LogP contribution in [-0.4, -0.2) is 81.3 Å². The van der Waals surface area contributed by atoms with Crippen LogP contribution in [0.1, 0.15) is 28.8 Å². The standard InChI is InChI=1S/C25H24ClF3N4O4/c26-17-4-2-16(3-5-17)24(36)7-9-32(10-8-24)20-12-33(13-21(20)37-23(35)25(27,28)29)22(34)15-1-6-18-19(11-15)31-14-30-18/h1-6,11,14,20-21,36H,7-10,12-13H2,(H,30,31)/t20-,21-/m0/s1. The molecule has 3 aromatic rings. The highest BCUT2D eigenvalue weighted by Crippen LogP contribution is 2.36. The average molecular weight is 537 g/mol. The first-order chi connectivity index (χ1) is 17.5. The van der Waals surface area contributed by atoms with Crippen LogP contribution in [0.4, 0.5) is 13.2 Å². The van der Waals surface area contributed by atoms with Gasteiger partial charge in [0.1, 0.15) is 6.10 Å². The zero-order chi connectivity index (χ0) is 26.4. The molecule has 3 heterocycles. The molecule has 12 heteroatoms. The molecule has 2 N–H and O–H groups in total. The summed E-state index contributed by atoms with van der Waals surface area (Å²) < 4.78 is 43.9. The summed E-state index contributed by atoms with van der Waals surface area (Å²) in [5, 5.41) is 11.7. The molecule has 2 fully saturated rings. The molecule has 0 bridgehead atoms. The maximum absolute atomic E-state index is 13.2. The third kappa shape index (κ3) is 5.16. The smallest absolute Gasteiger partial charge is 0.452 e. The number of rotatable bonds is 4. The lowest BCUT2D eigenvalue weighted by molar-refractivity contribution is -0.206. The number of carbonyl (C=O) groups excluding carboxylic acids is 2. The Bertz CT molecular complexity index is 1310. The number of alkyl halides is 3. The molecule has 2 aliphatic rings. The van der Waals surface area contributed by atoms with Crippen molar-refractivity contribution in [2.45, 2.75) is 36.8 Å². The lowest BCUT2D eigenvalue weighted by atomic mass is 9.84. The van der Waals surface area contributed by atoms with E-state index in [1.165, 1.54) is 11.2 Å². The molecule has 0 spiro atoms. The van der Waals surface area contributed by atoms with Gasteiger partial charge in [0.05, 0.1) is 35.5 Å². The molecule has 196 valence electrons. The second-order valence-corrected chi connectivity index (χ2v) is 9.86. The van der Waals surface area contributed by atoms with Gasteiger partial charge in [0, 0.05) is 30.2 Å². The lowest BCUT2D eigenvalue weighted by Crippen LogP contribution is -2.52. The predicted molar refractivity (Wildman–Crippen MR) is 128 cm³/mol. The zero-order valence-electron chi connectivity index (χ0n) is 19.5. The van der Waals surface area contributed by atoms with Gasteiger partial charge < -0.3 is 19.7 Å². The average Bonchev–Trinajstić information content (AvgIpc) is 3.50. The first-order valence-corrected chi connectivity index (χ1v) is 12.1. The molecule has 0 saturated carbocycles. The van der Waals surface area contributed by atoms with Gasteiger partial charge in [0.25, 0.3) is 5.91 Å². The first-order valence-electron chi connectivity index (χ1n) is 11.8. The van der Waals surface area contributed by atoms with Crippen molar-refractivity contribution in [3.05, 3.63) is 64.9 Å². The van der Waals surface area contributed by atoms with Crippen molar-refractivity contribution < 1.29 is 32.6 Å². The number of piperidine rings is 1. The summed E-state index contributed by atoms with van der Waals surface area (Å²) in [6.45, 7) is 0.581. The number of ether oxygens (including phenoxy) is 1. The first kappa shape index (κ1) is 25.5. The summed E-state index contributed by atoms with van der Waals surface area (Å²) in [4.78, 5) is 35.3. The molecule has 2 saturated heterocycles. The molecular weight excluding hydrogens is 513 g/mol. The van der Waals surface area contributed by atoms with E-state index < -0.39 is 29.9 Å². The summed E-state index contributed by atoms with van der Waals surface area (Å²) in [7, 11) is 0. The Morgan fingerprint density at radius 2 is 1.81 bits per heavy atom. The topological polar surface area (TPSA) is 98.8 Å². The number of imidazole rings is 1. The van der Waals surface area contributed by atoms with Gasteiger partial charge in [-0.3, -0.25) is 9.69 Å². The van der Waals surface area contributed by atoms with Crippen LogP contribution in [0.25, 0.3) is 11.0 Å². The molecule has 1 aromatic heterocycles. The van der Waals surface area contributed by atoms with Crippen molar-refractivity contribution in [1.29, 1.82) is 0 Å². The van der Waals surface area contributed by atoms with E-state index >= 15 is 0 Å². The van der Waals surface area contributed by atoms with Crippen LogP contribution in [0.3, 0.4) is 0 Å². The number of amides is 1. The second-order valence-electron chi connectivity index (χ2n) is 9.43. The number of benzene rings is 2. The van der Waals surface area contributed by atoms with E-state index in [1.807, 2.05) is 4.90 Å². The molecule has 0 aliphatic carbocycles. The van der Waals surface area contributed by atoms with Gasteiger partial charge in [-0.05, 0) is 48.7 Å². The molecular formula is C25H24ClF3N4O4. The molecule has 0 unspecified atom stereocenters. The van der Waals surface area contributed by atoms with Gasteiger partial charge in [-0.15, -0.1) is 0 Å². The number of esters is 1. The van der Waals surface area contributed by atoms with Crippen molar-refractivity contribution in [2.75, 3.05) is 26.2 Å². The van der Waals surface area contributed by atoms with Crippen LogP contribution >= 0.6 is 11.6 Å².